The molecule has 5 heteroatoms. The normalized spacial score (nSPS) is 25.0. The summed E-state index contributed by atoms with van der Waals surface area (Å²) in [5.74, 6) is -0.336. The van der Waals surface area contributed by atoms with Crippen molar-refractivity contribution in [3.63, 3.8) is 0 Å². The summed E-state index contributed by atoms with van der Waals surface area (Å²) in [4.78, 5) is 12.2. The second kappa shape index (κ2) is 6.75. The molecule has 0 bridgehead atoms. The summed E-state index contributed by atoms with van der Waals surface area (Å²) >= 11 is 0. The van der Waals surface area contributed by atoms with Crippen molar-refractivity contribution in [2.45, 2.75) is 50.9 Å². The number of hydrogen-bond donors (Lipinski definition) is 1. The van der Waals surface area contributed by atoms with Crippen molar-refractivity contribution < 1.29 is 18.7 Å². The van der Waals surface area contributed by atoms with E-state index in [0.717, 1.165) is 37.0 Å². The predicted molar refractivity (Wildman–Crippen MR) is 80.0 cm³/mol. The lowest BCUT2D eigenvalue weighted by molar-refractivity contribution is -0.134. The first-order valence-corrected chi connectivity index (χ1v) is 7.96. The van der Waals surface area contributed by atoms with Crippen LogP contribution in [0.2, 0.25) is 0 Å². The minimum Gasteiger partial charge on any atom is -0.376 e. The number of hydrogen-bond acceptors (Lipinski definition) is 3. The number of amides is 1. The molecule has 1 N–H and O–H groups in total. The van der Waals surface area contributed by atoms with Crippen molar-refractivity contribution in [3.8, 4) is 0 Å². The Bertz CT molecular complexity index is 543. The van der Waals surface area contributed by atoms with E-state index in [0.29, 0.717) is 13.0 Å². The van der Waals surface area contributed by atoms with Crippen LogP contribution in [0.3, 0.4) is 0 Å². The summed E-state index contributed by atoms with van der Waals surface area (Å²) in [6.07, 6.45) is 3.03. The number of nitrogens with one attached hydrogen (secondary N) is 1. The average molecular weight is 307 g/mol. The summed E-state index contributed by atoms with van der Waals surface area (Å²) in [5.41, 5.74) is 1.61. The van der Waals surface area contributed by atoms with Gasteiger partial charge in [0.05, 0.1) is 18.8 Å². The van der Waals surface area contributed by atoms with Gasteiger partial charge in [-0.05, 0) is 49.8 Å². The van der Waals surface area contributed by atoms with Crippen LogP contribution in [0.1, 0.15) is 43.4 Å². The molecule has 4 nitrogen and oxygen atoms in total. The molecule has 1 heterocycles. The fourth-order valence-electron chi connectivity index (χ4n) is 3.15. The van der Waals surface area contributed by atoms with Gasteiger partial charge in [-0.15, -0.1) is 0 Å². The third kappa shape index (κ3) is 3.31. The number of carbonyl (C=O) groups excluding carboxylic acids is 1. The van der Waals surface area contributed by atoms with Crippen LogP contribution in [0, 0.1) is 5.82 Å². The lowest BCUT2D eigenvalue weighted by atomic mass is 10.1. The summed E-state index contributed by atoms with van der Waals surface area (Å²) in [6.45, 7) is 2.97. The smallest absolute Gasteiger partial charge is 0.249 e. The lowest BCUT2D eigenvalue weighted by Crippen LogP contribution is -2.37. The van der Waals surface area contributed by atoms with Crippen LogP contribution < -0.4 is 5.32 Å². The fourth-order valence-corrected chi connectivity index (χ4v) is 3.15. The first-order chi connectivity index (χ1) is 10.6. The molecule has 1 aromatic rings. The van der Waals surface area contributed by atoms with E-state index >= 15 is 0 Å². The molecule has 0 aromatic heterocycles. The summed E-state index contributed by atoms with van der Waals surface area (Å²) in [6, 6.07) is 4.92. The standard InChI is InChI=1S/C17H22FNO3/c1-11(22-10-12-4-3-9-21-12)17(20)19-16-8-7-13-14(16)5-2-6-15(13)18/h2,5-6,11-12,16H,3-4,7-10H2,1H3,(H,19,20). The van der Waals surface area contributed by atoms with E-state index in [1.807, 2.05) is 6.07 Å². The summed E-state index contributed by atoms with van der Waals surface area (Å²) < 4.78 is 24.8. The first kappa shape index (κ1) is 15.4. The molecular formula is C17H22FNO3. The van der Waals surface area contributed by atoms with Gasteiger partial charge in [0.15, 0.2) is 0 Å². The van der Waals surface area contributed by atoms with Crippen LogP contribution in [-0.4, -0.2) is 31.3 Å². The Morgan fingerprint density at radius 1 is 1.50 bits per heavy atom. The molecule has 3 unspecified atom stereocenters. The van der Waals surface area contributed by atoms with Gasteiger partial charge in [-0.1, -0.05) is 12.1 Å². The summed E-state index contributed by atoms with van der Waals surface area (Å²) in [5, 5.41) is 2.97. The van der Waals surface area contributed by atoms with Crippen LogP contribution >= 0.6 is 0 Å². The maximum atomic E-state index is 13.7. The van der Waals surface area contributed by atoms with Gasteiger partial charge in [0, 0.05) is 6.61 Å². The van der Waals surface area contributed by atoms with Crippen molar-refractivity contribution in [3.05, 3.63) is 35.1 Å². The van der Waals surface area contributed by atoms with E-state index in [2.05, 4.69) is 5.32 Å². The Morgan fingerprint density at radius 3 is 3.14 bits per heavy atom. The van der Waals surface area contributed by atoms with Crippen LogP contribution in [0.5, 0.6) is 0 Å². The minimum atomic E-state index is -0.526. The molecule has 0 radical (unpaired) electrons. The number of carbonyl (C=O) groups is 1. The fraction of sp³-hybridized carbons (Fsp3) is 0.588. The second-order valence-corrected chi connectivity index (χ2v) is 6.02. The van der Waals surface area contributed by atoms with Crippen molar-refractivity contribution in [2.75, 3.05) is 13.2 Å². The monoisotopic (exact) mass is 307 g/mol. The van der Waals surface area contributed by atoms with E-state index in [9.17, 15) is 9.18 Å². The highest BCUT2D eigenvalue weighted by Crippen LogP contribution is 2.32. The van der Waals surface area contributed by atoms with E-state index in [1.165, 1.54) is 6.07 Å². The number of halogens is 1. The van der Waals surface area contributed by atoms with Crippen LogP contribution in [0.4, 0.5) is 4.39 Å². The van der Waals surface area contributed by atoms with Gasteiger partial charge in [-0.25, -0.2) is 4.39 Å². The van der Waals surface area contributed by atoms with Crippen molar-refractivity contribution >= 4 is 5.91 Å². The third-order valence-corrected chi connectivity index (χ3v) is 4.46. The Labute approximate surface area is 130 Å². The molecule has 1 saturated heterocycles. The average Bonchev–Trinajstić information content (AvgIpc) is 3.15. The second-order valence-electron chi connectivity index (χ2n) is 6.02. The third-order valence-electron chi connectivity index (χ3n) is 4.46. The van der Waals surface area contributed by atoms with Crippen molar-refractivity contribution in [1.29, 1.82) is 0 Å². The molecule has 1 aromatic carbocycles. The Balaban J connectivity index is 1.53. The highest BCUT2D eigenvalue weighted by atomic mass is 19.1. The molecule has 22 heavy (non-hydrogen) atoms. The van der Waals surface area contributed by atoms with Crippen LogP contribution in [-0.2, 0) is 20.7 Å². The van der Waals surface area contributed by atoms with Gasteiger partial charge >= 0.3 is 0 Å². The van der Waals surface area contributed by atoms with Gasteiger partial charge in [0.25, 0.3) is 0 Å². The number of rotatable bonds is 5. The predicted octanol–water partition coefficient (Wildman–Crippen LogP) is 2.51. The van der Waals surface area contributed by atoms with E-state index in [4.69, 9.17) is 9.47 Å². The van der Waals surface area contributed by atoms with E-state index in [-0.39, 0.29) is 23.9 Å². The molecule has 1 amide bonds. The molecule has 120 valence electrons. The van der Waals surface area contributed by atoms with Crippen molar-refractivity contribution in [1.82, 2.24) is 5.32 Å². The Kier molecular flexibility index (Phi) is 4.74. The van der Waals surface area contributed by atoms with E-state index in [1.54, 1.807) is 13.0 Å². The van der Waals surface area contributed by atoms with Crippen LogP contribution in [0.25, 0.3) is 0 Å². The largest absolute Gasteiger partial charge is 0.376 e. The highest BCUT2D eigenvalue weighted by Gasteiger charge is 2.28. The topological polar surface area (TPSA) is 47.6 Å². The maximum Gasteiger partial charge on any atom is 0.249 e. The van der Waals surface area contributed by atoms with Gasteiger partial charge in [0.2, 0.25) is 5.91 Å². The lowest BCUT2D eigenvalue weighted by Gasteiger charge is -2.19. The van der Waals surface area contributed by atoms with Gasteiger partial charge < -0.3 is 14.8 Å². The molecule has 0 spiro atoms. The summed E-state index contributed by atoms with van der Waals surface area (Å²) in [7, 11) is 0. The van der Waals surface area contributed by atoms with Crippen LogP contribution in [0.15, 0.2) is 18.2 Å². The SMILES string of the molecule is CC(OCC1CCCO1)C(=O)NC1CCc2c(F)cccc21. The first-order valence-electron chi connectivity index (χ1n) is 7.96. The molecule has 1 fully saturated rings. The number of ether oxygens (including phenoxy) is 2. The molecule has 3 rings (SSSR count). The zero-order valence-corrected chi connectivity index (χ0v) is 12.8. The molecule has 1 aliphatic carbocycles. The van der Waals surface area contributed by atoms with Gasteiger partial charge in [0.1, 0.15) is 11.9 Å². The molecule has 1 aliphatic heterocycles. The Morgan fingerprint density at radius 2 is 2.36 bits per heavy atom. The molecule has 2 aliphatic rings. The molecule has 3 atom stereocenters. The quantitative estimate of drug-likeness (QED) is 0.909. The number of fused-ring (bicyclic) bond motifs is 1. The minimum absolute atomic E-state index is 0.108. The molecular weight excluding hydrogens is 285 g/mol. The van der Waals surface area contributed by atoms with Gasteiger partial charge in [-0.2, -0.15) is 0 Å². The van der Waals surface area contributed by atoms with E-state index < -0.39 is 6.10 Å². The van der Waals surface area contributed by atoms with Crippen molar-refractivity contribution in [2.24, 2.45) is 0 Å². The number of benzene rings is 1. The maximum absolute atomic E-state index is 13.7. The molecule has 0 saturated carbocycles. The highest BCUT2D eigenvalue weighted by molar-refractivity contribution is 5.81. The zero-order valence-electron chi connectivity index (χ0n) is 12.8. The Hall–Kier alpha value is -1.46. The van der Waals surface area contributed by atoms with Gasteiger partial charge in [-0.3, -0.25) is 4.79 Å². The zero-order chi connectivity index (χ0) is 15.5.